The number of thioether (sulfide) groups is 1. The molecule has 1 N–H and O–H groups in total. The van der Waals surface area contributed by atoms with Crippen LogP contribution in [0.3, 0.4) is 0 Å². The third kappa shape index (κ3) is 1.22. The predicted octanol–water partition coefficient (Wildman–Crippen LogP) is 2.08. The summed E-state index contributed by atoms with van der Waals surface area (Å²) in [5.74, 6) is 1.07. The molecule has 4 heteroatoms. The minimum atomic E-state index is 1.07. The normalized spacial score (nSPS) is 11.2. The van der Waals surface area contributed by atoms with Gasteiger partial charge in [-0.3, -0.25) is 0 Å². The molecule has 2 heterocycles. The van der Waals surface area contributed by atoms with Gasteiger partial charge >= 0.3 is 0 Å². The second-order valence-corrected chi connectivity index (χ2v) is 3.97. The zero-order valence-electron chi connectivity index (χ0n) is 7.16. The third-order valence-electron chi connectivity index (χ3n) is 1.65. The highest BCUT2D eigenvalue weighted by Gasteiger charge is 2.02. The quantitative estimate of drug-likeness (QED) is 0.719. The van der Waals surface area contributed by atoms with Gasteiger partial charge in [0.2, 0.25) is 0 Å². The number of aromatic nitrogens is 3. The Morgan fingerprint density at radius 2 is 2.50 bits per heavy atom. The highest BCUT2D eigenvalue weighted by atomic mass is 32.2. The summed E-state index contributed by atoms with van der Waals surface area (Å²) in [6.45, 7) is 4.16. The van der Waals surface area contributed by atoms with Gasteiger partial charge in [0.25, 0.3) is 0 Å². The van der Waals surface area contributed by atoms with E-state index in [1.54, 1.807) is 11.8 Å². The highest BCUT2D eigenvalue weighted by molar-refractivity contribution is 7.99. The van der Waals surface area contributed by atoms with Crippen molar-refractivity contribution < 1.29 is 0 Å². The van der Waals surface area contributed by atoms with E-state index in [-0.39, 0.29) is 0 Å². The standard InChI is InChI=1S/C8H11N3S/c1-3-12-8-4-7-9-6(2)5-11(7)10-8/h4-5,9H,3H2,1-2H3. The van der Waals surface area contributed by atoms with Gasteiger partial charge < -0.3 is 4.98 Å². The van der Waals surface area contributed by atoms with Crippen LogP contribution in [0.2, 0.25) is 0 Å². The van der Waals surface area contributed by atoms with E-state index < -0.39 is 0 Å². The number of aromatic amines is 1. The van der Waals surface area contributed by atoms with Crippen molar-refractivity contribution in [3.05, 3.63) is 18.0 Å². The number of hydrogen-bond acceptors (Lipinski definition) is 2. The number of rotatable bonds is 2. The highest BCUT2D eigenvalue weighted by Crippen LogP contribution is 2.17. The van der Waals surface area contributed by atoms with Crippen LogP contribution in [0.1, 0.15) is 12.6 Å². The molecule has 0 aliphatic rings. The lowest BCUT2D eigenvalue weighted by atomic mass is 10.6. The second-order valence-electron chi connectivity index (χ2n) is 2.68. The maximum absolute atomic E-state index is 4.37. The van der Waals surface area contributed by atoms with Gasteiger partial charge in [-0.15, -0.1) is 11.8 Å². The van der Waals surface area contributed by atoms with Gasteiger partial charge in [-0.1, -0.05) is 6.92 Å². The summed E-state index contributed by atoms with van der Waals surface area (Å²) < 4.78 is 1.88. The predicted molar refractivity (Wildman–Crippen MR) is 50.7 cm³/mol. The molecule has 0 spiro atoms. The van der Waals surface area contributed by atoms with Crippen LogP contribution in [0.5, 0.6) is 0 Å². The smallest absolute Gasteiger partial charge is 0.134 e. The Morgan fingerprint density at radius 3 is 3.17 bits per heavy atom. The van der Waals surface area contributed by atoms with Gasteiger partial charge in [0.1, 0.15) is 10.7 Å². The summed E-state index contributed by atoms with van der Waals surface area (Å²) in [7, 11) is 0. The van der Waals surface area contributed by atoms with Crippen molar-refractivity contribution in [3.63, 3.8) is 0 Å². The Kier molecular flexibility index (Phi) is 1.84. The number of nitrogens with zero attached hydrogens (tertiary/aromatic N) is 2. The van der Waals surface area contributed by atoms with Crippen LogP contribution in [0.15, 0.2) is 17.3 Å². The van der Waals surface area contributed by atoms with Gasteiger partial charge in [0.05, 0.1) is 0 Å². The molecule has 2 rings (SSSR count). The molecule has 12 heavy (non-hydrogen) atoms. The fraction of sp³-hybridized carbons (Fsp3) is 0.375. The number of hydrogen-bond donors (Lipinski definition) is 1. The average molecular weight is 181 g/mol. The molecular formula is C8H11N3S. The van der Waals surface area contributed by atoms with E-state index in [9.17, 15) is 0 Å². The number of aryl methyl sites for hydroxylation is 1. The van der Waals surface area contributed by atoms with Crippen LogP contribution < -0.4 is 0 Å². The van der Waals surface area contributed by atoms with E-state index in [1.807, 2.05) is 17.6 Å². The van der Waals surface area contributed by atoms with E-state index in [2.05, 4.69) is 23.1 Å². The number of imidazole rings is 1. The molecule has 0 fully saturated rings. The summed E-state index contributed by atoms with van der Waals surface area (Å²) >= 11 is 1.76. The Bertz CT molecular complexity index is 356. The van der Waals surface area contributed by atoms with E-state index in [4.69, 9.17) is 0 Å². The molecule has 0 bridgehead atoms. The molecule has 0 aliphatic carbocycles. The van der Waals surface area contributed by atoms with Gasteiger partial charge in [0, 0.05) is 18.0 Å². The largest absolute Gasteiger partial charge is 0.342 e. The first-order valence-corrected chi connectivity index (χ1v) is 4.96. The first-order valence-electron chi connectivity index (χ1n) is 3.97. The Labute approximate surface area is 75.2 Å². The molecule has 64 valence electrons. The van der Waals surface area contributed by atoms with Crippen molar-refractivity contribution in [2.24, 2.45) is 0 Å². The number of H-pyrrole nitrogens is 1. The number of fused-ring (bicyclic) bond motifs is 1. The lowest BCUT2D eigenvalue weighted by molar-refractivity contribution is 0.907. The molecule has 0 amide bonds. The Hall–Kier alpha value is -0.900. The summed E-state index contributed by atoms with van der Waals surface area (Å²) in [5.41, 5.74) is 2.22. The van der Waals surface area contributed by atoms with Crippen LogP contribution in [-0.4, -0.2) is 20.4 Å². The van der Waals surface area contributed by atoms with Crippen molar-refractivity contribution in [2.75, 3.05) is 5.75 Å². The monoisotopic (exact) mass is 181 g/mol. The Morgan fingerprint density at radius 1 is 1.67 bits per heavy atom. The van der Waals surface area contributed by atoms with Crippen LogP contribution in [0.4, 0.5) is 0 Å². The lowest BCUT2D eigenvalue weighted by Gasteiger charge is -1.86. The molecule has 2 aromatic heterocycles. The van der Waals surface area contributed by atoms with Crippen molar-refractivity contribution in [1.29, 1.82) is 0 Å². The second kappa shape index (κ2) is 2.86. The van der Waals surface area contributed by atoms with Crippen LogP contribution in [-0.2, 0) is 0 Å². The van der Waals surface area contributed by atoms with Crippen LogP contribution >= 0.6 is 11.8 Å². The Balaban J connectivity index is 2.43. The molecule has 0 radical (unpaired) electrons. The molecule has 0 atom stereocenters. The summed E-state index contributed by atoms with van der Waals surface area (Å²) in [5, 5.41) is 5.46. The van der Waals surface area contributed by atoms with Gasteiger partial charge in [-0.2, -0.15) is 5.10 Å². The first kappa shape index (κ1) is 7.73. The summed E-state index contributed by atoms with van der Waals surface area (Å²) in [4.78, 5) is 3.22. The van der Waals surface area contributed by atoms with Crippen molar-refractivity contribution in [1.82, 2.24) is 14.6 Å². The molecule has 0 unspecified atom stereocenters. The summed E-state index contributed by atoms with van der Waals surface area (Å²) in [6.07, 6.45) is 2.00. The zero-order valence-corrected chi connectivity index (χ0v) is 7.98. The van der Waals surface area contributed by atoms with Crippen molar-refractivity contribution in [3.8, 4) is 0 Å². The SMILES string of the molecule is CCSc1cc2[nH]c(C)cn2n1. The minimum absolute atomic E-state index is 1.07. The first-order chi connectivity index (χ1) is 5.79. The molecular weight excluding hydrogens is 170 g/mol. The van der Waals surface area contributed by atoms with Gasteiger partial charge in [-0.25, -0.2) is 4.52 Å². The third-order valence-corrected chi connectivity index (χ3v) is 2.43. The summed E-state index contributed by atoms with van der Waals surface area (Å²) in [6, 6.07) is 2.07. The zero-order chi connectivity index (χ0) is 8.55. The van der Waals surface area contributed by atoms with E-state index in [1.165, 1.54) is 0 Å². The minimum Gasteiger partial charge on any atom is -0.342 e. The molecule has 0 aromatic carbocycles. The maximum atomic E-state index is 4.37. The maximum Gasteiger partial charge on any atom is 0.134 e. The van der Waals surface area contributed by atoms with Crippen LogP contribution in [0.25, 0.3) is 5.65 Å². The topological polar surface area (TPSA) is 33.1 Å². The fourth-order valence-corrected chi connectivity index (χ4v) is 1.84. The fourth-order valence-electron chi connectivity index (χ4n) is 1.20. The molecule has 2 aromatic rings. The average Bonchev–Trinajstić information content (AvgIpc) is 2.44. The molecule has 0 saturated heterocycles. The lowest BCUT2D eigenvalue weighted by Crippen LogP contribution is -1.79. The molecule has 0 aliphatic heterocycles. The number of nitrogens with one attached hydrogen (secondary N) is 1. The van der Waals surface area contributed by atoms with Gasteiger partial charge in [0.15, 0.2) is 0 Å². The van der Waals surface area contributed by atoms with E-state index >= 15 is 0 Å². The van der Waals surface area contributed by atoms with E-state index in [0.29, 0.717) is 0 Å². The van der Waals surface area contributed by atoms with E-state index in [0.717, 1.165) is 22.1 Å². The van der Waals surface area contributed by atoms with Crippen molar-refractivity contribution in [2.45, 2.75) is 18.9 Å². The van der Waals surface area contributed by atoms with Gasteiger partial charge in [-0.05, 0) is 12.7 Å². The van der Waals surface area contributed by atoms with Crippen molar-refractivity contribution >= 4 is 17.4 Å². The molecule has 3 nitrogen and oxygen atoms in total. The van der Waals surface area contributed by atoms with Crippen LogP contribution in [0, 0.1) is 6.92 Å². The molecule has 0 saturated carbocycles.